The molecule has 3 aromatic carbocycles. The predicted molar refractivity (Wildman–Crippen MR) is 123 cm³/mol. The van der Waals surface area contributed by atoms with Gasteiger partial charge >= 0.3 is 0 Å². The smallest absolute Gasteiger partial charge is 0.163 e. The maximum absolute atomic E-state index is 6.11. The zero-order chi connectivity index (χ0) is 21.3. The van der Waals surface area contributed by atoms with Gasteiger partial charge in [-0.15, -0.1) is 10.2 Å². The lowest BCUT2D eigenvalue weighted by Gasteiger charge is -2.41. The number of ether oxygens (including phenoxy) is 1. The SMILES string of the molecule is Cn1c(-c2ccc(OCc3ccccc3)cc2)nnc1C1(c2ccc(Cl)cc2)CCC1. The molecule has 156 valence electrons. The molecule has 4 aromatic rings. The van der Waals surface area contributed by atoms with Crippen molar-refractivity contribution in [2.75, 3.05) is 0 Å². The standard InChI is InChI=1S/C26H24ClN3O/c1-30-24(20-8-14-23(15-9-20)31-18-19-6-3-2-4-7-19)28-29-25(30)26(16-5-17-26)21-10-12-22(27)13-11-21/h2-4,6-15H,5,16-18H2,1H3. The number of nitrogens with zero attached hydrogens (tertiary/aromatic N) is 3. The topological polar surface area (TPSA) is 39.9 Å². The molecule has 0 bridgehead atoms. The Kier molecular flexibility index (Phi) is 5.24. The van der Waals surface area contributed by atoms with Crippen LogP contribution in [0.5, 0.6) is 5.75 Å². The average molecular weight is 430 g/mol. The van der Waals surface area contributed by atoms with E-state index in [0.29, 0.717) is 6.61 Å². The van der Waals surface area contributed by atoms with E-state index < -0.39 is 0 Å². The monoisotopic (exact) mass is 429 g/mol. The summed E-state index contributed by atoms with van der Waals surface area (Å²) < 4.78 is 8.05. The van der Waals surface area contributed by atoms with E-state index in [1.165, 1.54) is 12.0 Å². The van der Waals surface area contributed by atoms with Crippen molar-refractivity contribution in [1.29, 1.82) is 0 Å². The molecule has 31 heavy (non-hydrogen) atoms. The minimum absolute atomic E-state index is 0.0800. The lowest BCUT2D eigenvalue weighted by atomic mass is 9.64. The van der Waals surface area contributed by atoms with Crippen molar-refractivity contribution < 1.29 is 4.74 Å². The Morgan fingerprint density at radius 2 is 1.61 bits per heavy atom. The lowest BCUT2D eigenvalue weighted by Crippen LogP contribution is -2.38. The largest absolute Gasteiger partial charge is 0.489 e. The van der Waals surface area contributed by atoms with Crippen molar-refractivity contribution in [3.8, 4) is 17.1 Å². The highest BCUT2D eigenvalue weighted by Gasteiger charge is 2.44. The maximum Gasteiger partial charge on any atom is 0.163 e. The molecule has 0 saturated heterocycles. The summed E-state index contributed by atoms with van der Waals surface area (Å²) in [7, 11) is 2.06. The van der Waals surface area contributed by atoms with E-state index in [1.54, 1.807) is 0 Å². The Bertz CT molecular complexity index is 1160. The lowest BCUT2D eigenvalue weighted by molar-refractivity contribution is 0.278. The third-order valence-corrected chi connectivity index (χ3v) is 6.52. The van der Waals surface area contributed by atoms with Gasteiger partial charge in [0.15, 0.2) is 5.82 Å². The third-order valence-electron chi connectivity index (χ3n) is 6.27. The highest BCUT2D eigenvalue weighted by molar-refractivity contribution is 6.30. The zero-order valence-electron chi connectivity index (χ0n) is 17.5. The summed E-state index contributed by atoms with van der Waals surface area (Å²) in [5, 5.41) is 9.93. The van der Waals surface area contributed by atoms with Crippen molar-refractivity contribution in [3.05, 3.63) is 101 Å². The Morgan fingerprint density at radius 3 is 2.26 bits per heavy atom. The molecule has 4 nitrogen and oxygen atoms in total. The second-order valence-electron chi connectivity index (χ2n) is 8.15. The van der Waals surface area contributed by atoms with Crippen molar-refractivity contribution in [1.82, 2.24) is 14.8 Å². The van der Waals surface area contributed by atoms with Gasteiger partial charge in [0.1, 0.15) is 18.2 Å². The highest BCUT2D eigenvalue weighted by Crippen LogP contribution is 2.48. The minimum atomic E-state index is -0.0800. The first-order chi connectivity index (χ1) is 15.2. The fraction of sp³-hybridized carbons (Fsp3) is 0.231. The molecule has 1 aliphatic rings. The average Bonchev–Trinajstić information content (AvgIpc) is 3.15. The molecule has 0 aliphatic heterocycles. The second kappa shape index (κ2) is 8.20. The van der Waals surface area contributed by atoms with Crippen LogP contribution in [0.3, 0.4) is 0 Å². The first-order valence-electron chi connectivity index (χ1n) is 10.6. The summed E-state index contributed by atoms with van der Waals surface area (Å²) in [6.07, 6.45) is 3.35. The van der Waals surface area contributed by atoms with E-state index >= 15 is 0 Å². The molecule has 1 aliphatic carbocycles. The molecule has 1 heterocycles. The quantitative estimate of drug-likeness (QED) is 0.367. The van der Waals surface area contributed by atoms with Crippen molar-refractivity contribution in [2.45, 2.75) is 31.3 Å². The summed E-state index contributed by atoms with van der Waals surface area (Å²) >= 11 is 6.11. The van der Waals surface area contributed by atoms with Gasteiger partial charge in [0.2, 0.25) is 0 Å². The number of rotatable bonds is 6. The van der Waals surface area contributed by atoms with Crippen LogP contribution >= 0.6 is 11.6 Å². The molecule has 0 N–H and O–H groups in total. The molecule has 0 spiro atoms. The van der Waals surface area contributed by atoms with Crippen LogP contribution < -0.4 is 4.74 Å². The number of hydrogen-bond donors (Lipinski definition) is 0. The van der Waals surface area contributed by atoms with E-state index in [2.05, 4.69) is 46.1 Å². The minimum Gasteiger partial charge on any atom is -0.489 e. The Morgan fingerprint density at radius 1 is 0.903 bits per heavy atom. The summed E-state index contributed by atoms with van der Waals surface area (Å²) in [4.78, 5) is 0. The molecule has 0 radical (unpaired) electrons. The molecule has 0 amide bonds. The molecular formula is C26H24ClN3O. The second-order valence-corrected chi connectivity index (χ2v) is 8.58. The van der Waals surface area contributed by atoms with E-state index in [-0.39, 0.29) is 5.41 Å². The van der Waals surface area contributed by atoms with Crippen LogP contribution in [0.2, 0.25) is 5.02 Å². The van der Waals surface area contributed by atoms with Gasteiger partial charge in [0, 0.05) is 17.6 Å². The van der Waals surface area contributed by atoms with Gasteiger partial charge in [-0.3, -0.25) is 0 Å². The molecule has 1 aromatic heterocycles. The maximum atomic E-state index is 6.11. The predicted octanol–water partition coefficient (Wildman–Crippen LogP) is 6.18. The Balaban J connectivity index is 1.38. The fourth-order valence-electron chi connectivity index (χ4n) is 4.38. The van der Waals surface area contributed by atoms with Crippen LogP contribution in [0.15, 0.2) is 78.9 Å². The third kappa shape index (κ3) is 3.72. The summed E-state index contributed by atoms with van der Waals surface area (Å²) in [5.74, 6) is 2.72. The van der Waals surface area contributed by atoms with E-state index in [1.807, 2.05) is 54.6 Å². The fourth-order valence-corrected chi connectivity index (χ4v) is 4.51. The van der Waals surface area contributed by atoms with Crippen LogP contribution in [0, 0.1) is 0 Å². The normalized spacial score (nSPS) is 14.8. The van der Waals surface area contributed by atoms with E-state index in [0.717, 1.165) is 46.4 Å². The van der Waals surface area contributed by atoms with E-state index in [9.17, 15) is 0 Å². The summed E-state index contributed by atoms with van der Waals surface area (Å²) in [6, 6.07) is 26.4. The van der Waals surface area contributed by atoms with E-state index in [4.69, 9.17) is 16.3 Å². The molecule has 1 saturated carbocycles. The first-order valence-corrected chi connectivity index (χ1v) is 11.0. The number of aromatic nitrogens is 3. The van der Waals surface area contributed by atoms with Crippen LogP contribution in [0.25, 0.3) is 11.4 Å². The van der Waals surface area contributed by atoms with Crippen molar-refractivity contribution in [2.24, 2.45) is 7.05 Å². The van der Waals surface area contributed by atoms with Crippen molar-refractivity contribution in [3.63, 3.8) is 0 Å². The number of benzene rings is 3. The molecule has 1 fully saturated rings. The van der Waals surface area contributed by atoms with Gasteiger partial charge < -0.3 is 9.30 Å². The molecule has 5 heteroatoms. The number of halogens is 1. The van der Waals surface area contributed by atoms with Gasteiger partial charge in [0.05, 0.1) is 5.41 Å². The van der Waals surface area contributed by atoms with Crippen LogP contribution in [0.4, 0.5) is 0 Å². The van der Waals surface area contributed by atoms with Gasteiger partial charge in [-0.05, 0) is 60.4 Å². The van der Waals surface area contributed by atoms with Gasteiger partial charge in [0.25, 0.3) is 0 Å². The van der Waals surface area contributed by atoms with Crippen LogP contribution in [-0.4, -0.2) is 14.8 Å². The molecule has 5 rings (SSSR count). The van der Waals surface area contributed by atoms with Gasteiger partial charge in [-0.1, -0.05) is 60.5 Å². The van der Waals surface area contributed by atoms with Gasteiger partial charge in [-0.25, -0.2) is 0 Å². The summed E-state index contributed by atoms with van der Waals surface area (Å²) in [5.41, 5.74) is 3.36. The van der Waals surface area contributed by atoms with Crippen LogP contribution in [0.1, 0.15) is 36.2 Å². The molecule has 0 atom stereocenters. The first kappa shape index (κ1) is 19.8. The molecular weight excluding hydrogens is 406 g/mol. The van der Waals surface area contributed by atoms with Crippen molar-refractivity contribution >= 4 is 11.6 Å². The number of hydrogen-bond acceptors (Lipinski definition) is 3. The Labute approximate surface area is 187 Å². The molecule has 0 unspecified atom stereocenters. The Hall–Kier alpha value is -3.11. The summed E-state index contributed by atoms with van der Waals surface area (Å²) in [6.45, 7) is 0.553. The highest BCUT2D eigenvalue weighted by atomic mass is 35.5. The van der Waals surface area contributed by atoms with Gasteiger partial charge in [-0.2, -0.15) is 0 Å². The van der Waals surface area contributed by atoms with Crippen LogP contribution in [-0.2, 0) is 19.1 Å². The zero-order valence-corrected chi connectivity index (χ0v) is 18.2.